The van der Waals surface area contributed by atoms with Crippen LogP contribution in [0.3, 0.4) is 0 Å². The summed E-state index contributed by atoms with van der Waals surface area (Å²) in [7, 11) is 0. The molecular formula is C21H25N5O3. The molecule has 8 heteroatoms. The maximum Gasteiger partial charge on any atom is 0.411 e. The molecule has 0 spiro atoms. The number of hydrogen-bond donors (Lipinski definition) is 1. The van der Waals surface area contributed by atoms with E-state index in [1.54, 1.807) is 35.3 Å². The fourth-order valence-electron chi connectivity index (χ4n) is 3.03. The molecule has 1 amide bonds. The third kappa shape index (κ3) is 4.71. The summed E-state index contributed by atoms with van der Waals surface area (Å²) in [6, 6.07) is 8.92. The molecule has 3 aromatic rings. The number of carboxylic acid groups (broad SMARTS) is 1. The Morgan fingerprint density at radius 3 is 2.72 bits per heavy atom. The third-order valence-electron chi connectivity index (χ3n) is 4.53. The van der Waals surface area contributed by atoms with Crippen molar-refractivity contribution < 1.29 is 9.90 Å². The highest BCUT2D eigenvalue weighted by molar-refractivity contribution is 5.86. The minimum absolute atomic E-state index is 0.161. The van der Waals surface area contributed by atoms with Gasteiger partial charge in [0.25, 0.3) is 0 Å². The van der Waals surface area contributed by atoms with Gasteiger partial charge in [-0.15, -0.1) is 0 Å². The highest BCUT2D eigenvalue weighted by Gasteiger charge is 2.14. The number of nitrogens with zero attached hydrogens (tertiary/aromatic N) is 5. The molecule has 0 bridgehead atoms. The van der Waals surface area contributed by atoms with E-state index in [-0.39, 0.29) is 11.5 Å². The Labute approximate surface area is 169 Å². The summed E-state index contributed by atoms with van der Waals surface area (Å²) in [4.78, 5) is 25.2. The predicted molar refractivity (Wildman–Crippen MR) is 111 cm³/mol. The number of rotatable bonds is 7. The van der Waals surface area contributed by atoms with Gasteiger partial charge in [-0.05, 0) is 38.0 Å². The number of hydrogen-bond acceptors (Lipinski definition) is 4. The standard InChI is InChI=1S/C21H25N5O3/c1-4-9-24(21(28)29)17-7-5-6-16(11-17)12-19-20(27)8-10-25(23-19)18-13-22-26(14-18)15(2)3/h5-8,10-11,13-15H,4,9,12H2,1-3H3,(H,28,29). The second-order valence-corrected chi connectivity index (χ2v) is 7.12. The molecule has 152 valence electrons. The van der Waals surface area contributed by atoms with Crippen molar-refractivity contribution in [2.24, 2.45) is 0 Å². The summed E-state index contributed by atoms with van der Waals surface area (Å²) in [5.74, 6) is 0. The fraction of sp³-hybridized carbons (Fsp3) is 0.333. The number of benzene rings is 1. The van der Waals surface area contributed by atoms with Crippen molar-refractivity contribution in [1.82, 2.24) is 19.6 Å². The Bertz CT molecular complexity index is 1050. The van der Waals surface area contributed by atoms with E-state index in [1.807, 2.05) is 37.7 Å². The van der Waals surface area contributed by atoms with Gasteiger partial charge in [0.15, 0.2) is 0 Å². The van der Waals surface area contributed by atoms with Crippen molar-refractivity contribution in [3.05, 3.63) is 70.4 Å². The van der Waals surface area contributed by atoms with Gasteiger partial charge in [-0.3, -0.25) is 14.4 Å². The summed E-state index contributed by atoms with van der Waals surface area (Å²) in [6.07, 6.45) is 5.24. The van der Waals surface area contributed by atoms with E-state index < -0.39 is 6.09 Å². The molecule has 8 nitrogen and oxygen atoms in total. The molecular weight excluding hydrogens is 370 g/mol. The second kappa shape index (κ2) is 8.72. The molecule has 1 aromatic carbocycles. The highest BCUT2D eigenvalue weighted by atomic mass is 16.4. The Hall–Kier alpha value is -3.42. The predicted octanol–water partition coefficient (Wildman–Crippen LogP) is 3.50. The second-order valence-electron chi connectivity index (χ2n) is 7.12. The Kier molecular flexibility index (Phi) is 6.11. The van der Waals surface area contributed by atoms with Crippen molar-refractivity contribution in [1.29, 1.82) is 0 Å². The monoisotopic (exact) mass is 395 g/mol. The molecule has 0 fully saturated rings. The number of anilines is 1. The normalized spacial score (nSPS) is 11.0. The van der Waals surface area contributed by atoms with Crippen LogP contribution >= 0.6 is 0 Å². The molecule has 2 aromatic heterocycles. The SMILES string of the molecule is CCCN(C(=O)O)c1cccc(Cc2nn(-c3cnn(C(C)C)c3)ccc2=O)c1. The van der Waals surface area contributed by atoms with Gasteiger partial charge in [0.05, 0.1) is 12.4 Å². The Morgan fingerprint density at radius 2 is 2.07 bits per heavy atom. The van der Waals surface area contributed by atoms with Crippen LogP contribution in [0.15, 0.2) is 53.7 Å². The summed E-state index contributed by atoms with van der Waals surface area (Å²) in [5, 5.41) is 18.2. The largest absolute Gasteiger partial charge is 0.465 e. The molecule has 0 saturated heterocycles. The van der Waals surface area contributed by atoms with Gasteiger partial charge in [0.2, 0.25) is 5.43 Å². The first-order valence-corrected chi connectivity index (χ1v) is 9.61. The number of carbonyl (C=O) groups is 1. The first-order valence-electron chi connectivity index (χ1n) is 9.61. The minimum atomic E-state index is -0.994. The first-order chi connectivity index (χ1) is 13.9. The number of amides is 1. The molecule has 0 atom stereocenters. The summed E-state index contributed by atoms with van der Waals surface area (Å²) < 4.78 is 3.46. The highest BCUT2D eigenvalue weighted by Crippen LogP contribution is 2.18. The van der Waals surface area contributed by atoms with Gasteiger partial charge < -0.3 is 5.11 Å². The quantitative estimate of drug-likeness (QED) is 0.661. The van der Waals surface area contributed by atoms with Crippen molar-refractivity contribution in [3.8, 4) is 5.69 Å². The molecule has 0 unspecified atom stereocenters. The van der Waals surface area contributed by atoms with Crippen molar-refractivity contribution in [2.45, 2.75) is 39.7 Å². The number of aromatic nitrogens is 4. The van der Waals surface area contributed by atoms with E-state index in [2.05, 4.69) is 10.2 Å². The smallest absolute Gasteiger partial charge is 0.411 e. The molecule has 3 rings (SSSR count). The van der Waals surface area contributed by atoms with Crippen LogP contribution in [-0.4, -0.2) is 37.3 Å². The average Bonchev–Trinajstić information content (AvgIpc) is 3.18. The fourth-order valence-corrected chi connectivity index (χ4v) is 3.03. The van der Waals surface area contributed by atoms with E-state index >= 15 is 0 Å². The summed E-state index contributed by atoms with van der Waals surface area (Å²) in [6.45, 7) is 6.41. The van der Waals surface area contributed by atoms with Crippen LogP contribution in [0, 0.1) is 0 Å². The lowest BCUT2D eigenvalue weighted by Gasteiger charge is -2.19. The zero-order chi connectivity index (χ0) is 21.0. The zero-order valence-electron chi connectivity index (χ0n) is 16.8. The summed E-state index contributed by atoms with van der Waals surface area (Å²) in [5.41, 5.74) is 2.41. The van der Waals surface area contributed by atoms with Gasteiger partial charge >= 0.3 is 6.09 Å². The van der Waals surface area contributed by atoms with Crippen LogP contribution in [0.5, 0.6) is 0 Å². The lowest BCUT2D eigenvalue weighted by Crippen LogP contribution is -2.29. The molecule has 2 heterocycles. The molecule has 0 aliphatic heterocycles. The van der Waals surface area contributed by atoms with E-state index in [4.69, 9.17) is 0 Å². The van der Waals surface area contributed by atoms with E-state index in [0.717, 1.165) is 11.3 Å². The van der Waals surface area contributed by atoms with Gasteiger partial charge in [0.1, 0.15) is 11.4 Å². The lowest BCUT2D eigenvalue weighted by atomic mass is 10.1. The lowest BCUT2D eigenvalue weighted by molar-refractivity contribution is 0.202. The van der Waals surface area contributed by atoms with Crippen LogP contribution in [-0.2, 0) is 6.42 Å². The maximum atomic E-state index is 12.3. The van der Waals surface area contributed by atoms with Crippen molar-refractivity contribution in [2.75, 3.05) is 11.4 Å². The topological polar surface area (TPSA) is 93.2 Å². The third-order valence-corrected chi connectivity index (χ3v) is 4.53. The average molecular weight is 395 g/mol. The molecule has 1 N–H and O–H groups in total. The molecule has 0 radical (unpaired) electrons. The molecule has 0 saturated carbocycles. The van der Waals surface area contributed by atoms with Crippen molar-refractivity contribution >= 4 is 11.8 Å². The summed E-state index contributed by atoms with van der Waals surface area (Å²) >= 11 is 0. The Morgan fingerprint density at radius 1 is 1.28 bits per heavy atom. The van der Waals surface area contributed by atoms with Crippen molar-refractivity contribution in [3.63, 3.8) is 0 Å². The Balaban J connectivity index is 1.89. The van der Waals surface area contributed by atoms with Gasteiger partial charge in [-0.2, -0.15) is 10.2 Å². The van der Waals surface area contributed by atoms with Crippen LogP contribution in [0.1, 0.15) is 44.5 Å². The molecule has 0 aliphatic rings. The molecule has 29 heavy (non-hydrogen) atoms. The van der Waals surface area contributed by atoms with Crippen LogP contribution in [0.25, 0.3) is 5.69 Å². The first kappa shape index (κ1) is 20.3. The maximum absolute atomic E-state index is 12.3. The van der Waals surface area contributed by atoms with Gasteiger partial charge in [0, 0.05) is 37.0 Å². The van der Waals surface area contributed by atoms with Gasteiger partial charge in [-0.25, -0.2) is 9.48 Å². The van der Waals surface area contributed by atoms with Crippen LogP contribution in [0.2, 0.25) is 0 Å². The van der Waals surface area contributed by atoms with Crippen LogP contribution < -0.4 is 10.3 Å². The minimum Gasteiger partial charge on any atom is -0.465 e. The van der Waals surface area contributed by atoms with E-state index in [0.29, 0.717) is 30.8 Å². The van der Waals surface area contributed by atoms with E-state index in [1.165, 1.54) is 11.0 Å². The molecule has 0 aliphatic carbocycles. The van der Waals surface area contributed by atoms with E-state index in [9.17, 15) is 14.7 Å². The van der Waals surface area contributed by atoms with Crippen LogP contribution in [0.4, 0.5) is 10.5 Å². The zero-order valence-corrected chi connectivity index (χ0v) is 16.8. The van der Waals surface area contributed by atoms with Gasteiger partial charge in [-0.1, -0.05) is 19.1 Å².